The summed E-state index contributed by atoms with van der Waals surface area (Å²) in [7, 11) is 0. The number of hydrogen-bond acceptors (Lipinski definition) is 4. The van der Waals surface area contributed by atoms with Gasteiger partial charge in [0, 0.05) is 12.6 Å². The number of H-pyrrole nitrogens is 1. The second kappa shape index (κ2) is 4.76. The van der Waals surface area contributed by atoms with Gasteiger partial charge in [-0.05, 0) is 35.3 Å². The van der Waals surface area contributed by atoms with Crippen molar-refractivity contribution >= 4 is 21.7 Å². The van der Waals surface area contributed by atoms with Crippen LogP contribution in [-0.2, 0) is 0 Å². The predicted octanol–water partition coefficient (Wildman–Crippen LogP) is 0.696. The van der Waals surface area contributed by atoms with E-state index in [2.05, 4.69) is 36.5 Å². The largest absolute Gasteiger partial charge is 0.367 e. The Kier molecular flexibility index (Phi) is 3.37. The second-order valence-corrected chi connectivity index (χ2v) is 4.36. The molecule has 0 amide bonds. The Morgan fingerprint density at radius 2 is 2.53 bits per heavy atom. The van der Waals surface area contributed by atoms with Crippen molar-refractivity contribution in [3.63, 3.8) is 0 Å². The summed E-state index contributed by atoms with van der Waals surface area (Å²) < 4.78 is 0.461. The molecule has 1 aliphatic rings. The maximum Gasteiger partial charge on any atom is 0.267 e. The fraction of sp³-hybridized carbons (Fsp3) is 0.556. The summed E-state index contributed by atoms with van der Waals surface area (Å²) in [5.74, 6) is 0.604. The molecule has 0 bridgehead atoms. The van der Waals surface area contributed by atoms with E-state index >= 15 is 0 Å². The van der Waals surface area contributed by atoms with E-state index in [1.807, 2.05) is 0 Å². The molecule has 5 nitrogen and oxygen atoms in total. The highest BCUT2D eigenvalue weighted by Gasteiger charge is 2.14. The summed E-state index contributed by atoms with van der Waals surface area (Å²) in [5, 5.41) is 6.52. The SMILES string of the molecule is O=c1[nH]cnc(NCC2CCCN2)c1Br. The third kappa shape index (κ3) is 2.57. The number of anilines is 1. The van der Waals surface area contributed by atoms with Crippen molar-refractivity contribution in [3.05, 3.63) is 21.2 Å². The summed E-state index contributed by atoms with van der Waals surface area (Å²) in [6.07, 6.45) is 3.79. The Labute approximate surface area is 95.8 Å². The lowest BCUT2D eigenvalue weighted by Crippen LogP contribution is -2.30. The zero-order valence-corrected chi connectivity index (χ0v) is 9.80. The molecule has 2 heterocycles. The van der Waals surface area contributed by atoms with E-state index in [4.69, 9.17) is 0 Å². The molecule has 1 aromatic rings. The standard InChI is InChI=1S/C9H13BrN4O/c10-7-8(13-5-14-9(7)15)12-4-6-2-1-3-11-6/h5-6,11H,1-4H2,(H2,12,13,14,15). The molecule has 0 spiro atoms. The Morgan fingerprint density at radius 3 is 3.27 bits per heavy atom. The quantitative estimate of drug-likeness (QED) is 0.758. The lowest BCUT2D eigenvalue weighted by molar-refractivity contribution is 0.632. The third-order valence-corrected chi connectivity index (χ3v) is 3.21. The molecule has 1 unspecified atom stereocenters. The van der Waals surface area contributed by atoms with Crippen LogP contribution in [0.25, 0.3) is 0 Å². The zero-order valence-electron chi connectivity index (χ0n) is 8.22. The van der Waals surface area contributed by atoms with Crippen LogP contribution >= 0.6 is 15.9 Å². The average Bonchev–Trinajstić information content (AvgIpc) is 2.73. The summed E-state index contributed by atoms with van der Waals surface area (Å²) in [6, 6.07) is 0.484. The van der Waals surface area contributed by atoms with Crippen molar-refractivity contribution in [2.75, 3.05) is 18.4 Å². The number of halogens is 1. The highest BCUT2D eigenvalue weighted by molar-refractivity contribution is 9.10. The smallest absolute Gasteiger partial charge is 0.267 e. The molecular weight excluding hydrogens is 260 g/mol. The fourth-order valence-corrected chi connectivity index (χ4v) is 2.01. The van der Waals surface area contributed by atoms with Crippen molar-refractivity contribution in [2.24, 2.45) is 0 Å². The minimum Gasteiger partial charge on any atom is -0.367 e. The first kappa shape index (κ1) is 10.6. The van der Waals surface area contributed by atoms with Gasteiger partial charge in [-0.25, -0.2) is 4.98 Å². The summed E-state index contributed by atoms with van der Waals surface area (Å²) in [5.41, 5.74) is -0.160. The molecule has 1 aromatic heterocycles. The fourth-order valence-electron chi connectivity index (χ4n) is 1.66. The minimum absolute atomic E-state index is 0.160. The van der Waals surface area contributed by atoms with Crippen LogP contribution in [-0.4, -0.2) is 29.1 Å². The van der Waals surface area contributed by atoms with Crippen LogP contribution in [0.2, 0.25) is 0 Å². The van der Waals surface area contributed by atoms with Crippen LogP contribution in [0.3, 0.4) is 0 Å². The topological polar surface area (TPSA) is 69.8 Å². The van der Waals surface area contributed by atoms with Gasteiger partial charge < -0.3 is 15.6 Å². The van der Waals surface area contributed by atoms with Crippen LogP contribution in [0.5, 0.6) is 0 Å². The molecule has 1 atom stereocenters. The molecule has 0 aliphatic carbocycles. The van der Waals surface area contributed by atoms with Crippen LogP contribution in [0, 0.1) is 0 Å². The highest BCUT2D eigenvalue weighted by atomic mass is 79.9. The first-order valence-electron chi connectivity index (χ1n) is 4.98. The van der Waals surface area contributed by atoms with Crippen LogP contribution < -0.4 is 16.2 Å². The van der Waals surface area contributed by atoms with Crippen molar-refractivity contribution in [1.29, 1.82) is 0 Å². The lowest BCUT2D eigenvalue weighted by Gasteiger charge is -2.12. The van der Waals surface area contributed by atoms with E-state index in [1.54, 1.807) is 0 Å². The van der Waals surface area contributed by atoms with Gasteiger partial charge >= 0.3 is 0 Å². The first-order chi connectivity index (χ1) is 7.27. The van der Waals surface area contributed by atoms with E-state index < -0.39 is 0 Å². The Balaban J connectivity index is 1.98. The van der Waals surface area contributed by atoms with Crippen LogP contribution in [0.15, 0.2) is 15.6 Å². The van der Waals surface area contributed by atoms with E-state index in [0.717, 1.165) is 13.1 Å². The maximum atomic E-state index is 11.2. The van der Waals surface area contributed by atoms with Crippen molar-refractivity contribution < 1.29 is 0 Å². The van der Waals surface area contributed by atoms with Gasteiger partial charge in [-0.1, -0.05) is 0 Å². The molecule has 6 heteroatoms. The molecule has 82 valence electrons. The maximum absolute atomic E-state index is 11.2. The van der Waals surface area contributed by atoms with Gasteiger partial charge in [0.05, 0.1) is 6.33 Å². The summed E-state index contributed by atoms with van der Waals surface area (Å²) in [6.45, 7) is 1.88. The van der Waals surface area contributed by atoms with Gasteiger partial charge in [-0.3, -0.25) is 4.79 Å². The zero-order chi connectivity index (χ0) is 10.7. The van der Waals surface area contributed by atoms with Gasteiger partial charge in [0.2, 0.25) is 0 Å². The molecule has 1 aliphatic heterocycles. The number of aromatic nitrogens is 2. The molecule has 3 N–H and O–H groups in total. The molecule has 0 radical (unpaired) electrons. The Morgan fingerprint density at radius 1 is 1.67 bits per heavy atom. The van der Waals surface area contributed by atoms with Gasteiger partial charge in [0.25, 0.3) is 5.56 Å². The molecule has 1 saturated heterocycles. The third-order valence-electron chi connectivity index (χ3n) is 2.47. The first-order valence-corrected chi connectivity index (χ1v) is 5.77. The molecule has 2 rings (SSSR count). The Hall–Kier alpha value is -0.880. The van der Waals surface area contributed by atoms with Gasteiger partial charge in [-0.2, -0.15) is 0 Å². The van der Waals surface area contributed by atoms with E-state index in [1.165, 1.54) is 19.2 Å². The monoisotopic (exact) mass is 272 g/mol. The summed E-state index contributed by atoms with van der Waals surface area (Å²) in [4.78, 5) is 17.8. The number of nitrogens with one attached hydrogen (secondary N) is 3. The average molecular weight is 273 g/mol. The lowest BCUT2D eigenvalue weighted by atomic mass is 10.2. The van der Waals surface area contributed by atoms with Gasteiger partial charge in [0.1, 0.15) is 10.3 Å². The molecule has 0 aromatic carbocycles. The number of hydrogen-bond donors (Lipinski definition) is 3. The van der Waals surface area contributed by atoms with E-state index in [0.29, 0.717) is 16.3 Å². The number of nitrogens with zero attached hydrogens (tertiary/aromatic N) is 1. The minimum atomic E-state index is -0.160. The molecular formula is C9H13BrN4O. The second-order valence-electron chi connectivity index (χ2n) is 3.57. The molecule has 1 fully saturated rings. The summed E-state index contributed by atoms with van der Waals surface area (Å²) >= 11 is 3.20. The number of rotatable bonds is 3. The van der Waals surface area contributed by atoms with Gasteiger partial charge in [-0.15, -0.1) is 0 Å². The number of aromatic amines is 1. The van der Waals surface area contributed by atoms with Gasteiger partial charge in [0.15, 0.2) is 0 Å². The molecule has 15 heavy (non-hydrogen) atoms. The predicted molar refractivity (Wildman–Crippen MR) is 62.1 cm³/mol. The van der Waals surface area contributed by atoms with E-state index in [9.17, 15) is 4.79 Å². The van der Waals surface area contributed by atoms with Crippen molar-refractivity contribution in [1.82, 2.24) is 15.3 Å². The van der Waals surface area contributed by atoms with Crippen molar-refractivity contribution in [3.8, 4) is 0 Å². The van der Waals surface area contributed by atoms with Crippen LogP contribution in [0.4, 0.5) is 5.82 Å². The van der Waals surface area contributed by atoms with E-state index in [-0.39, 0.29) is 5.56 Å². The van der Waals surface area contributed by atoms with Crippen LogP contribution in [0.1, 0.15) is 12.8 Å². The normalized spacial score (nSPS) is 20.5. The molecule has 0 saturated carbocycles. The van der Waals surface area contributed by atoms with Crippen molar-refractivity contribution in [2.45, 2.75) is 18.9 Å². The highest BCUT2D eigenvalue weighted by Crippen LogP contribution is 2.14. The Bertz CT molecular complexity index is 386.